The molecule has 21 heavy (non-hydrogen) atoms. The van der Waals surface area contributed by atoms with Crippen LogP contribution in [0.25, 0.3) is 0 Å². The maximum absolute atomic E-state index is 13.4. The standard InChI is InChI=1S/C15H14F2N2O2/c1-21-11-5-2-4-10(8-11)9-18-15(20)19-14-12(16)6-3-7-13(14)17/h2-8H,9H2,1H3,(H2,18,19,20). The number of anilines is 1. The molecule has 0 aliphatic carbocycles. The van der Waals surface area contributed by atoms with Crippen molar-refractivity contribution in [3.05, 3.63) is 59.7 Å². The van der Waals surface area contributed by atoms with Crippen molar-refractivity contribution in [1.82, 2.24) is 5.32 Å². The van der Waals surface area contributed by atoms with Gasteiger partial charge in [0.25, 0.3) is 0 Å². The van der Waals surface area contributed by atoms with Crippen molar-refractivity contribution in [2.24, 2.45) is 0 Å². The molecular weight excluding hydrogens is 278 g/mol. The summed E-state index contributed by atoms with van der Waals surface area (Å²) in [6, 6.07) is 9.78. The van der Waals surface area contributed by atoms with Gasteiger partial charge < -0.3 is 15.4 Å². The van der Waals surface area contributed by atoms with E-state index in [0.29, 0.717) is 5.75 Å². The Balaban J connectivity index is 1.96. The number of halogens is 2. The first-order valence-electron chi connectivity index (χ1n) is 6.22. The lowest BCUT2D eigenvalue weighted by Crippen LogP contribution is -2.29. The predicted molar refractivity (Wildman–Crippen MR) is 75.2 cm³/mol. The Morgan fingerprint density at radius 3 is 2.48 bits per heavy atom. The van der Waals surface area contributed by atoms with Crippen LogP contribution in [0.3, 0.4) is 0 Å². The molecule has 0 spiro atoms. The zero-order valence-corrected chi connectivity index (χ0v) is 11.3. The number of methoxy groups -OCH3 is 1. The normalized spacial score (nSPS) is 10.0. The van der Waals surface area contributed by atoms with Crippen molar-refractivity contribution in [3.8, 4) is 5.75 Å². The Hall–Kier alpha value is -2.63. The van der Waals surface area contributed by atoms with Crippen LogP contribution in [0.2, 0.25) is 0 Å². The Kier molecular flexibility index (Phi) is 4.71. The van der Waals surface area contributed by atoms with Crippen molar-refractivity contribution in [1.29, 1.82) is 0 Å². The van der Waals surface area contributed by atoms with Gasteiger partial charge >= 0.3 is 6.03 Å². The molecule has 4 nitrogen and oxygen atoms in total. The SMILES string of the molecule is COc1cccc(CNC(=O)Nc2c(F)cccc2F)c1. The van der Waals surface area contributed by atoms with Gasteiger partial charge in [0, 0.05) is 6.54 Å². The summed E-state index contributed by atoms with van der Waals surface area (Å²) < 4.78 is 31.8. The molecule has 0 unspecified atom stereocenters. The molecule has 0 aliphatic heterocycles. The van der Waals surface area contributed by atoms with E-state index in [-0.39, 0.29) is 6.54 Å². The van der Waals surface area contributed by atoms with Gasteiger partial charge in [-0.15, -0.1) is 0 Å². The lowest BCUT2D eigenvalue weighted by Gasteiger charge is -2.10. The molecule has 2 aromatic carbocycles. The van der Waals surface area contributed by atoms with Crippen molar-refractivity contribution < 1.29 is 18.3 Å². The highest BCUT2D eigenvalue weighted by Crippen LogP contribution is 2.17. The average Bonchev–Trinajstić information content (AvgIpc) is 2.49. The lowest BCUT2D eigenvalue weighted by molar-refractivity contribution is 0.251. The van der Waals surface area contributed by atoms with E-state index in [4.69, 9.17) is 4.74 Å². The molecule has 2 amide bonds. The van der Waals surface area contributed by atoms with Gasteiger partial charge in [0.1, 0.15) is 23.1 Å². The second-order valence-corrected chi connectivity index (χ2v) is 4.26. The van der Waals surface area contributed by atoms with Gasteiger partial charge in [-0.05, 0) is 29.8 Å². The van der Waals surface area contributed by atoms with E-state index in [9.17, 15) is 13.6 Å². The zero-order valence-electron chi connectivity index (χ0n) is 11.3. The van der Waals surface area contributed by atoms with E-state index < -0.39 is 23.4 Å². The van der Waals surface area contributed by atoms with Crippen LogP contribution in [0.4, 0.5) is 19.3 Å². The fraction of sp³-hybridized carbons (Fsp3) is 0.133. The van der Waals surface area contributed by atoms with Crippen molar-refractivity contribution in [2.75, 3.05) is 12.4 Å². The van der Waals surface area contributed by atoms with E-state index in [1.807, 2.05) is 0 Å². The number of ether oxygens (including phenoxy) is 1. The zero-order chi connectivity index (χ0) is 15.2. The second kappa shape index (κ2) is 6.69. The number of para-hydroxylation sites is 1. The minimum absolute atomic E-state index is 0.207. The Labute approximate surface area is 120 Å². The average molecular weight is 292 g/mol. The molecule has 0 heterocycles. The molecule has 6 heteroatoms. The Morgan fingerprint density at radius 1 is 1.14 bits per heavy atom. The number of hydrogen-bond acceptors (Lipinski definition) is 2. The molecule has 2 rings (SSSR count). The third kappa shape index (κ3) is 3.92. The molecule has 2 N–H and O–H groups in total. The minimum Gasteiger partial charge on any atom is -0.497 e. The quantitative estimate of drug-likeness (QED) is 0.908. The molecule has 0 atom stereocenters. The van der Waals surface area contributed by atoms with Crippen LogP contribution in [0.1, 0.15) is 5.56 Å². The summed E-state index contributed by atoms with van der Waals surface area (Å²) in [5.74, 6) is -0.993. The summed E-state index contributed by atoms with van der Waals surface area (Å²) in [7, 11) is 1.54. The van der Waals surface area contributed by atoms with Crippen molar-refractivity contribution in [2.45, 2.75) is 6.54 Å². The van der Waals surface area contributed by atoms with Crippen LogP contribution in [-0.4, -0.2) is 13.1 Å². The van der Waals surface area contributed by atoms with Gasteiger partial charge in [-0.1, -0.05) is 18.2 Å². The minimum atomic E-state index is -0.827. The van der Waals surface area contributed by atoms with E-state index in [2.05, 4.69) is 10.6 Å². The number of rotatable bonds is 4. The maximum Gasteiger partial charge on any atom is 0.319 e. The first-order valence-corrected chi connectivity index (χ1v) is 6.22. The summed E-state index contributed by atoms with van der Waals surface area (Å²) >= 11 is 0. The number of benzene rings is 2. The number of nitrogens with one attached hydrogen (secondary N) is 2. The largest absolute Gasteiger partial charge is 0.497 e. The predicted octanol–water partition coefficient (Wildman–Crippen LogP) is 3.30. The monoisotopic (exact) mass is 292 g/mol. The Bertz CT molecular complexity index is 627. The van der Waals surface area contributed by atoms with Crippen molar-refractivity contribution >= 4 is 11.7 Å². The summed E-state index contributed by atoms with van der Waals surface area (Å²) in [6.45, 7) is 0.207. The van der Waals surface area contributed by atoms with Crippen molar-refractivity contribution in [3.63, 3.8) is 0 Å². The molecule has 110 valence electrons. The first kappa shape index (κ1) is 14.8. The van der Waals surface area contributed by atoms with Gasteiger partial charge in [0.15, 0.2) is 0 Å². The van der Waals surface area contributed by atoms with Crippen LogP contribution in [0.15, 0.2) is 42.5 Å². The molecule has 0 saturated heterocycles. The fourth-order valence-corrected chi connectivity index (χ4v) is 1.74. The summed E-state index contributed by atoms with van der Waals surface area (Å²) in [5, 5.41) is 4.66. The van der Waals surface area contributed by atoms with E-state index >= 15 is 0 Å². The first-order chi connectivity index (χ1) is 10.1. The molecule has 0 saturated carbocycles. The number of carbonyl (C=O) groups is 1. The van der Waals surface area contributed by atoms with E-state index in [1.54, 1.807) is 31.4 Å². The number of carbonyl (C=O) groups excluding carboxylic acids is 1. The van der Waals surface area contributed by atoms with Crippen LogP contribution >= 0.6 is 0 Å². The van der Waals surface area contributed by atoms with Crippen LogP contribution < -0.4 is 15.4 Å². The van der Waals surface area contributed by atoms with Gasteiger partial charge in [0.2, 0.25) is 0 Å². The van der Waals surface area contributed by atoms with Crippen LogP contribution in [-0.2, 0) is 6.54 Å². The van der Waals surface area contributed by atoms with E-state index in [1.165, 1.54) is 6.07 Å². The maximum atomic E-state index is 13.4. The third-order valence-corrected chi connectivity index (χ3v) is 2.79. The highest BCUT2D eigenvalue weighted by Gasteiger charge is 2.11. The van der Waals surface area contributed by atoms with Gasteiger partial charge in [-0.25, -0.2) is 13.6 Å². The smallest absolute Gasteiger partial charge is 0.319 e. The lowest BCUT2D eigenvalue weighted by atomic mass is 10.2. The molecule has 0 fully saturated rings. The highest BCUT2D eigenvalue weighted by atomic mass is 19.1. The van der Waals surface area contributed by atoms with Gasteiger partial charge in [0.05, 0.1) is 7.11 Å². The number of urea groups is 1. The number of amides is 2. The summed E-state index contributed by atoms with van der Waals surface area (Å²) in [4.78, 5) is 11.7. The molecule has 0 aliphatic rings. The highest BCUT2D eigenvalue weighted by molar-refractivity contribution is 5.89. The summed E-state index contributed by atoms with van der Waals surface area (Å²) in [6.07, 6.45) is 0. The van der Waals surface area contributed by atoms with Gasteiger partial charge in [-0.3, -0.25) is 0 Å². The molecule has 2 aromatic rings. The van der Waals surface area contributed by atoms with E-state index in [0.717, 1.165) is 17.7 Å². The second-order valence-electron chi connectivity index (χ2n) is 4.26. The molecular formula is C15H14F2N2O2. The molecule has 0 radical (unpaired) electrons. The van der Waals surface area contributed by atoms with Gasteiger partial charge in [-0.2, -0.15) is 0 Å². The van der Waals surface area contributed by atoms with Crippen LogP contribution in [0.5, 0.6) is 5.75 Å². The molecule has 0 bridgehead atoms. The van der Waals surface area contributed by atoms with Crippen LogP contribution in [0, 0.1) is 11.6 Å². The fourth-order valence-electron chi connectivity index (χ4n) is 1.74. The number of hydrogen-bond donors (Lipinski definition) is 2. The topological polar surface area (TPSA) is 50.4 Å². The molecule has 0 aromatic heterocycles. The summed E-state index contributed by atoms with van der Waals surface area (Å²) in [5.41, 5.74) is 0.333. The third-order valence-electron chi connectivity index (χ3n) is 2.79. The Morgan fingerprint density at radius 2 is 1.81 bits per heavy atom.